The molecule has 9 heteroatoms. The fourth-order valence-electron chi connectivity index (χ4n) is 5.52. The molecule has 2 aromatic rings. The molecule has 0 radical (unpaired) electrons. The predicted molar refractivity (Wildman–Crippen MR) is 152 cm³/mol. The summed E-state index contributed by atoms with van der Waals surface area (Å²) in [6.07, 6.45) is 16.7. The summed E-state index contributed by atoms with van der Waals surface area (Å²) in [5, 5.41) is 0. The molecule has 3 unspecified atom stereocenters. The molecule has 0 fully saturated rings. The molecule has 0 saturated carbocycles. The van der Waals surface area contributed by atoms with Crippen LogP contribution in [0.4, 0.5) is 10.3 Å². The van der Waals surface area contributed by atoms with Gasteiger partial charge in [-0.1, -0.05) is 30.4 Å². The Morgan fingerprint density at radius 2 is 2.00 bits per heavy atom. The number of aromatic nitrogens is 4. The number of rotatable bonds is 10. The second kappa shape index (κ2) is 11.2. The third-order valence-corrected chi connectivity index (χ3v) is 7.94. The van der Waals surface area contributed by atoms with Crippen LogP contribution in [0.25, 0.3) is 17.0 Å². The first-order valence-corrected chi connectivity index (χ1v) is 13.6. The highest BCUT2D eigenvalue weighted by Gasteiger charge is 2.33. The van der Waals surface area contributed by atoms with E-state index in [0.29, 0.717) is 13.0 Å². The highest BCUT2D eigenvalue weighted by atomic mass is 19.1. The van der Waals surface area contributed by atoms with E-state index in [9.17, 15) is 4.39 Å². The smallest absolute Gasteiger partial charge is 0.220 e. The van der Waals surface area contributed by atoms with Gasteiger partial charge in [0.15, 0.2) is 0 Å². The van der Waals surface area contributed by atoms with Gasteiger partial charge in [-0.2, -0.15) is 0 Å². The van der Waals surface area contributed by atoms with E-state index in [1.165, 1.54) is 5.57 Å². The maximum absolute atomic E-state index is 14.5. The van der Waals surface area contributed by atoms with Crippen LogP contribution < -0.4 is 5.73 Å². The minimum absolute atomic E-state index is 0.196. The quantitative estimate of drug-likeness (QED) is 0.472. The van der Waals surface area contributed by atoms with Gasteiger partial charge in [0.2, 0.25) is 5.95 Å². The first kappa shape index (κ1) is 27.4. The summed E-state index contributed by atoms with van der Waals surface area (Å²) >= 11 is 0. The Morgan fingerprint density at radius 3 is 2.67 bits per heavy atom. The number of hydrogen-bond acceptors (Lipinski definition) is 7. The number of allylic oxidation sites excluding steroid dienone is 4. The molecule has 5 rings (SSSR count). The lowest BCUT2D eigenvalue weighted by Crippen LogP contribution is -2.35. The number of anilines is 1. The van der Waals surface area contributed by atoms with E-state index >= 15 is 0 Å². The van der Waals surface area contributed by atoms with Crippen LogP contribution in [0.15, 0.2) is 54.3 Å². The topological polar surface area (TPSA) is 91.3 Å². The molecule has 2 aromatic heterocycles. The Hall–Kier alpha value is -3.14. The molecule has 2 N–H and O–H groups in total. The Balaban J connectivity index is 1.46. The van der Waals surface area contributed by atoms with E-state index in [0.717, 1.165) is 67.4 Å². The highest BCUT2D eigenvalue weighted by molar-refractivity contribution is 5.82. The average molecular weight is 535 g/mol. The molecule has 39 heavy (non-hydrogen) atoms. The van der Waals surface area contributed by atoms with Gasteiger partial charge in [0.05, 0.1) is 29.3 Å². The van der Waals surface area contributed by atoms with Gasteiger partial charge in [0, 0.05) is 58.9 Å². The van der Waals surface area contributed by atoms with Crippen LogP contribution >= 0.6 is 0 Å². The largest absolute Gasteiger partial charge is 0.383 e. The Bertz CT molecular complexity index is 1330. The highest BCUT2D eigenvalue weighted by Crippen LogP contribution is 2.40. The number of halogens is 1. The molecule has 3 aliphatic rings. The monoisotopic (exact) mass is 534 g/mol. The Morgan fingerprint density at radius 1 is 1.15 bits per heavy atom. The number of methoxy groups -OCH3 is 2. The van der Waals surface area contributed by atoms with E-state index in [1.54, 1.807) is 33.4 Å². The number of imidazole rings is 1. The van der Waals surface area contributed by atoms with Crippen molar-refractivity contribution in [3.05, 3.63) is 65.8 Å². The maximum atomic E-state index is 14.5. The zero-order valence-electron chi connectivity index (χ0n) is 23.4. The molecule has 208 valence electrons. The number of nitrogen functional groups attached to an aromatic ring is 1. The Labute approximate surface area is 230 Å². The molecule has 0 aromatic carbocycles. The van der Waals surface area contributed by atoms with Gasteiger partial charge < -0.3 is 19.8 Å². The lowest BCUT2D eigenvalue weighted by atomic mass is 9.93. The van der Waals surface area contributed by atoms with Crippen LogP contribution in [0.3, 0.4) is 0 Å². The molecule has 0 spiro atoms. The summed E-state index contributed by atoms with van der Waals surface area (Å²) < 4.78 is 28.0. The van der Waals surface area contributed by atoms with Crippen molar-refractivity contribution in [3.63, 3.8) is 0 Å². The van der Waals surface area contributed by atoms with Crippen molar-refractivity contribution in [1.82, 2.24) is 24.4 Å². The van der Waals surface area contributed by atoms with Crippen molar-refractivity contribution < 1.29 is 13.9 Å². The molecule has 3 heterocycles. The van der Waals surface area contributed by atoms with Crippen molar-refractivity contribution in [2.24, 2.45) is 0 Å². The van der Waals surface area contributed by atoms with E-state index in [4.69, 9.17) is 20.2 Å². The summed E-state index contributed by atoms with van der Waals surface area (Å²) in [6.45, 7) is 6.82. The lowest BCUT2D eigenvalue weighted by molar-refractivity contribution is 0.0499. The summed E-state index contributed by atoms with van der Waals surface area (Å²) in [6, 6.07) is 2.07. The van der Waals surface area contributed by atoms with Crippen LogP contribution in [0.2, 0.25) is 0 Å². The van der Waals surface area contributed by atoms with Gasteiger partial charge in [-0.3, -0.25) is 4.90 Å². The molecular weight excluding hydrogens is 495 g/mol. The van der Waals surface area contributed by atoms with Gasteiger partial charge in [0.1, 0.15) is 11.5 Å². The lowest BCUT2D eigenvalue weighted by Gasteiger charge is -2.30. The zero-order chi connectivity index (χ0) is 27.6. The fourth-order valence-corrected chi connectivity index (χ4v) is 5.52. The molecule has 0 amide bonds. The second-order valence-corrected chi connectivity index (χ2v) is 11.1. The van der Waals surface area contributed by atoms with Crippen molar-refractivity contribution in [2.75, 3.05) is 46.2 Å². The molecule has 0 saturated heterocycles. The van der Waals surface area contributed by atoms with Crippen molar-refractivity contribution in [3.8, 4) is 11.4 Å². The third-order valence-electron chi connectivity index (χ3n) is 7.94. The average Bonchev–Trinajstić information content (AvgIpc) is 3.48. The van der Waals surface area contributed by atoms with Crippen molar-refractivity contribution >= 4 is 11.5 Å². The first-order valence-electron chi connectivity index (χ1n) is 13.6. The standard InChI is InChI=1S/C30H39FN6O2/c1-29(31)12-9-22(10-13-29)26-27(24-11-16-33-28(32)34-24)37-23(5-6-25(37)35-26)20-36(17-18-38-3)19-21-7-14-30(2,39-4)15-8-21/h7-12,14,16,23H,5-6,13,15,17-20H2,1-4H3,(H2,32,33,34). The SMILES string of the molecule is COCCN(CC1=CCC(C)(OC)C=C1)CC1CCc2nc(C3=CCC(C)(F)C=C3)c(-c3ccnc(N)n3)n21. The second-order valence-electron chi connectivity index (χ2n) is 11.1. The van der Waals surface area contributed by atoms with Crippen LogP contribution in [0, 0.1) is 0 Å². The van der Waals surface area contributed by atoms with Crippen LogP contribution in [0.5, 0.6) is 0 Å². The van der Waals surface area contributed by atoms with Crippen LogP contribution in [-0.2, 0) is 15.9 Å². The van der Waals surface area contributed by atoms with Gasteiger partial charge in [-0.25, -0.2) is 19.3 Å². The van der Waals surface area contributed by atoms with Gasteiger partial charge in [-0.05, 0) is 50.0 Å². The van der Waals surface area contributed by atoms with E-state index in [-0.39, 0.29) is 17.6 Å². The van der Waals surface area contributed by atoms with Crippen LogP contribution in [0.1, 0.15) is 50.7 Å². The van der Waals surface area contributed by atoms with Gasteiger partial charge in [-0.15, -0.1) is 0 Å². The molecule has 0 bridgehead atoms. The predicted octanol–water partition coefficient (Wildman–Crippen LogP) is 4.72. The minimum atomic E-state index is -1.35. The number of alkyl halides is 1. The van der Waals surface area contributed by atoms with Crippen LogP contribution in [-0.4, -0.2) is 76.1 Å². The van der Waals surface area contributed by atoms with Gasteiger partial charge in [0.25, 0.3) is 0 Å². The number of fused-ring (bicyclic) bond motifs is 1. The molecule has 1 aliphatic heterocycles. The first-order chi connectivity index (χ1) is 18.7. The van der Waals surface area contributed by atoms with E-state index in [2.05, 4.69) is 44.6 Å². The third kappa shape index (κ3) is 6.05. The fraction of sp³-hybridized carbons (Fsp3) is 0.500. The normalized spacial score (nSPS) is 26.2. The number of nitrogens with two attached hydrogens (primary N) is 1. The van der Waals surface area contributed by atoms with E-state index in [1.807, 2.05) is 18.2 Å². The molecule has 8 nitrogen and oxygen atoms in total. The maximum Gasteiger partial charge on any atom is 0.220 e. The van der Waals surface area contributed by atoms with Crippen molar-refractivity contribution in [2.45, 2.75) is 56.8 Å². The van der Waals surface area contributed by atoms with Gasteiger partial charge >= 0.3 is 0 Å². The zero-order valence-corrected chi connectivity index (χ0v) is 23.4. The molecule has 2 aliphatic carbocycles. The minimum Gasteiger partial charge on any atom is -0.383 e. The number of aryl methyl sites for hydroxylation is 1. The number of nitrogens with zero attached hydrogens (tertiary/aromatic N) is 5. The summed E-state index contributed by atoms with van der Waals surface area (Å²) in [4.78, 5) is 16.2. The number of hydrogen-bond donors (Lipinski definition) is 1. The Kier molecular flexibility index (Phi) is 7.84. The summed E-state index contributed by atoms with van der Waals surface area (Å²) in [5.74, 6) is 1.23. The summed E-state index contributed by atoms with van der Waals surface area (Å²) in [5.41, 5.74) is 9.06. The van der Waals surface area contributed by atoms with E-state index < -0.39 is 5.67 Å². The molecular formula is C30H39FN6O2. The number of ether oxygens (including phenoxy) is 2. The van der Waals surface area contributed by atoms with Crippen molar-refractivity contribution in [1.29, 1.82) is 0 Å². The summed E-state index contributed by atoms with van der Waals surface area (Å²) in [7, 11) is 3.49. The molecule has 3 atom stereocenters.